The fourth-order valence-electron chi connectivity index (χ4n) is 0.982. The van der Waals surface area contributed by atoms with Gasteiger partial charge in [-0.2, -0.15) is 0 Å². The van der Waals surface area contributed by atoms with Gasteiger partial charge in [-0.25, -0.2) is 0 Å². The first-order chi connectivity index (χ1) is 6.13. The second-order valence-electron chi connectivity index (χ2n) is 2.85. The molecule has 1 unspecified atom stereocenters. The second-order valence-corrected chi connectivity index (χ2v) is 3.33. The van der Waals surface area contributed by atoms with E-state index < -0.39 is 0 Å². The summed E-state index contributed by atoms with van der Waals surface area (Å²) >= 11 is 4.75. The summed E-state index contributed by atoms with van der Waals surface area (Å²) in [5, 5.41) is 0. The molecular formula is C10H11NOS. The van der Waals surface area contributed by atoms with Gasteiger partial charge >= 0.3 is 0 Å². The maximum Gasteiger partial charge on any atom is 0.172 e. The number of ketones is 1. The summed E-state index contributed by atoms with van der Waals surface area (Å²) in [6, 6.07) is 9.02. The topological polar surface area (TPSA) is 43.1 Å². The lowest BCUT2D eigenvalue weighted by Crippen LogP contribution is -2.26. The number of thiocarbonyl (C=S) groups is 1. The number of nitrogens with two attached hydrogens (primary N) is 1. The normalized spacial score (nSPS) is 12.1. The standard InChI is InChI=1S/C10H11NOS/c1-7(10(11)13)9(12)8-5-3-2-4-6-8/h2-7H,1H3,(H2,11,13). The van der Waals surface area contributed by atoms with Crippen LogP contribution >= 0.6 is 12.2 Å². The van der Waals surface area contributed by atoms with Gasteiger partial charge in [0.1, 0.15) is 0 Å². The van der Waals surface area contributed by atoms with Crippen LogP contribution in [0, 0.1) is 5.92 Å². The molecule has 0 aliphatic carbocycles. The zero-order chi connectivity index (χ0) is 9.84. The monoisotopic (exact) mass is 193 g/mol. The molecule has 1 aromatic rings. The highest BCUT2D eigenvalue weighted by Crippen LogP contribution is 2.08. The Morgan fingerprint density at radius 2 is 1.92 bits per heavy atom. The summed E-state index contributed by atoms with van der Waals surface area (Å²) in [5.41, 5.74) is 6.04. The number of carbonyl (C=O) groups is 1. The van der Waals surface area contributed by atoms with Crippen molar-refractivity contribution < 1.29 is 4.79 Å². The molecule has 0 heterocycles. The molecule has 3 heteroatoms. The van der Waals surface area contributed by atoms with E-state index in [2.05, 4.69) is 0 Å². The molecule has 2 N–H and O–H groups in total. The minimum Gasteiger partial charge on any atom is -0.393 e. The van der Waals surface area contributed by atoms with Crippen molar-refractivity contribution in [3.05, 3.63) is 35.9 Å². The van der Waals surface area contributed by atoms with Crippen LogP contribution in [0.1, 0.15) is 17.3 Å². The van der Waals surface area contributed by atoms with Crippen LogP contribution < -0.4 is 5.73 Å². The van der Waals surface area contributed by atoms with Crippen LogP contribution in [-0.4, -0.2) is 10.8 Å². The van der Waals surface area contributed by atoms with Crippen LogP contribution in [0.2, 0.25) is 0 Å². The first-order valence-corrected chi connectivity index (χ1v) is 4.42. The summed E-state index contributed by atoms with van der Waals surface area (Å²) in [7, 11) is 0. The SMILES string of the molecule is CC(C(=O)c1ccccc1)C(N)=S. The number of hydrogen-bond acceptors (Lipinski definition) is 2. The van der Waals surface area contributed by atoms with Crippen molar-refractivity contribution in [2.75, 3.05) is 0 Å². The van der Waals surface area contributed by atoms with E-state index in [-0.39, 0.29) is 16.7 Å². The van der Waals surface area contributed by atoms with Crippen LogP contribution in [0.5, 0.6) is 0 Å². The van der Waals surface area contributed by atoms with Crippen molar-refractivity contribution in [1.82, 2.24) is 0 Å². The van der Waals surface area contributed by atoms with Gasteiger partial charge in [0.2, 0.25) is 0 Å². The summed E-state index contributed by atoms with van der Waals surface area (Å²) in [6.45, 7) is 1.72. The summed E-state index contributed by atoms with van der Waals surface area (Å²) in [5.74, 6) is -0.398. The van der Waals surface area contributed by atoms with Gasteiger partial charge in [-0.1, -0.05) is 42.5 Å². The molecule has 68 valence electrons. The van der Waals surface area contributed by atoms with E-state index in [1.54, 1.807) is 19.1 Å². The Morgan fingerprint density at radius 1 is 1.38 bits per heavy atom. The summed E-state index contributed by atoms with van der Waals surface area (Å²) in [4.78, 5) is 11.9. The summed E-state index contributed by atoms with van der Waals surface area (Å²) < 4.78 is 0. The van der Waals surface area contributed by atoms with E-state index in [4.69, 9.17) is 18.0 Å². The number of rotatable bonds is 3. The fourth-order valence-corrected chi connectivity index (χ4v) is 1.09. The van der Waals surface area contributed by atoms with Gasteiger partial charge in [0, 0.05) is 5.56 Å². The number of hydrogen-bond donors (Lipinski definition) is 1. The van der Waals surface area contributed by atoms with E-state index in [1.165, 1.54) is 0 Å². The van der Waals surface area contributed by atoms with Crippen molar-refractivity contribution in [3.8, 4) is 0 Å². The largest absolute Gasteiger partial charge is 0.393 e. The first kappa shape index (κ1) is 9.86. The van der Waals surface area contributed by atoms with E-state index in [1.807, 2.05) is 18.2 Å². The molecule has 0 bridgehead atoms. The maximum absolute atomic E-state index is 11.6. The quantitative estimate of drug-likeness (QED) is 0.588. The lowest BCUT2D eigenvalue weighted by atomic mass is 10.00. The van der Waals surface area contributed by atoms with E-state index in [0.29, 0.717) is 5.56 Å². The number of Topliss-reactive ketones (excluding diaryl/α,β-unsaturated/α-hetero) is 1. The Balaban J connectivity index is 2.86. The molecule has 0 radical (unpaired) electrons. The molecule has 2 nitrogen and oxygen atoms in total. The second kappa shape index (κ2) is 4.14. The molecule has 1 aromatic carbocycles. The Bertz CT molecular complexity index is 321. The van der Waals surface area contributed by atoms with Gasteiger partial charge in [0.25, 0.3) is 0 Å². The van der Waals surface area contributed by atoms with E-state index in [0.717, 1.165) is 0 Å². The average Bonchev–Trinajstić information content (AvgIpc) is 2.17. The predicted molar refractivity (Wildman–Crippen MR) is 56.7 cm³/mol. The zero-order valence-electron chi connectivity index (χ0n) is 7.36. The Hall–Kier alpha value is -1.22. The van der Waals surface area contributed by atoms with Gasteiger partial charge < -0.3 is 5.73 Å². The highest BCUT2D eigenvalue weighted by atomic mass is 32.1. The molecule has 1 rings (SSSR count). The summed E-state index contributed by atoms with van der Waals surface area (Å²) in [6.07, 6.45) is 0. The van der Waals surface area contributed by atoms with Gasteiger partial charge in [0.05, 0.1) is 10.9 Å². The minimum atomic E-state index is -0.377. The van der Waals surface area contributed by atoms with Gasteiger partial charge in [0.15, 0.2) is 5.78 Å². The lowest BCUT2D eigenvalue weighted by molar-refractivity contribution is 0.0962. The fraction of sp³-hybridized carbons (Fsp3) is 0.200. The van der Waals surface area contributed by atoms with Crippen LogP contribution in [-0.2, 0) is 0 Å². The Kier molecular flexibility index (Phi) is 3.14. The highest BCUT2D eigenvalue weighted by Gasteiger charge is 2.16. The van der Waals surface area contributed by atoms with Crippen molar-refractivity contribution in [2.24, 2.45) is 11.7 Å². The van der Waals surface area contributed by atoms with Crippen molar-refractivity contribution in [2.45, 2.75) is 6.92 Å². The molecule has 0 saturated heterocycles. The molecule has 0 saturated carbocycles. The molecule has 0 aliphatic rings. The first-order valence-electron chi connectivity index (χ1n) is 4.01. The molecule has 0 fully saturated rings. The van der Waals surface area contributed by atoms with Crippen LogP contribution in [0.15, 0.2) is 30.3 Å². The Morgan fingerprint density at radius 3 is 2.38 bits per heavy atom. The molecule has 0 aliphatic heterocycles. The van der Waals surface area contributed by atoms with Crippen LogP contribution in [0.25, 0.3) is 0 Å². The van der Waals surface area contributed by atoms with Gasteiger partial charge in [-0.3, -0.25) is 4.79 Å². The number of carbonyl (C=O) groups excluding carboxylic acids is 1. The van der Waals surface area contributed by atoms with Crippen molar-refractivity contribution >= 4 is 23.0 Å². The number of benzene rings is 1. The minimum absolute atomic E-state index is 0.0203. The maximum atomic E-state index is 11.6. The molecule has 0 amide bonds. The Labute approximate surface area is 82.8 Å². The molecule has 0 aromatic heterocycles. The van der Waals surface area contributed by atoms with Crippen molar-refractivity contribution in [1.29, 1.82) is 0 Å². The highest BCUT2D eigenvalue weighted by molar-refractivity contribution is 7.80. The smallest absolute Gasteiger partial charge is 0.172 e. The van der Waals surface area contributed by atoms with Crippen LogP contribution in [0.3, 0.4) is 0 Å². The van der Waals surface area contributed by atoms with Crippen molar-refractivity contribution in [3.63, 3.8) is 0 Å². The predicted octanol–water partition coefficient (Wildman–Crippen LogP) is 1.79. The molecule has 1 atom stereocenters. The third-order valence-electron chi connectivity index (χ3n) is 1.88. The third-order valence-corrected chi connectivity index (χ3v) is 2.23. The zero-order valence-corrected chi connectivity index (χ0v) is 8.17. The van der Waals surface area contributed by atoms with Gasteiger partial charge in [-0.15, -0.1) is 0 Å². The molecule has 13 heavy (non-hydrogen) atoms. The third kappa shape index (κ3) is 2.36. The molecule has 0 spiro atoms. The molecular weight excluding hydrogens is 182 g/mol. The lowest BCUT2D eigenvalue weighted by Gasteiger charge is -2.07. The van der Waals surface area contributed by atoms with E-state index in [9.17, 15) is 4.79 Å². The van der Waals surface area contributed by atoms with Crippen LogP contribution in [0.4, 0.5) is 0 Å². The van der Waals surface area contributed by atoms with E-state index >= 15 is 0 Å². The van der Waals surface area contributed by atoms with Gasteiger partial charge in [-0.05, 0) is 6.92 Å². The average molecular weight is 193 g/mol.